The number of rotatable bonds is 8. The number of anilines is 8. The van der Waals surface area contributed by atoms with Crippen LogP contribution in [0, 0.1) is 0 Å². The SMILES string of the molecule is CC(C)(C)c1ccc(N2B3c4cc5c(-c6ccccc6)sc(-c6ccccc6)c5cc4N(c4ccc(C(C)(C)C)cc4-c4ccccc4)c4cc5c(oc6ccccc65)c(c43)-c3cc4c(cc32)C(C)(C)c2cc(N(c3ccc(C(C)(C)C)cc3)c3ccc(C(C)(C)C)cc3)ccc2-4)cc1. The first-order valence-electron chi connectivity index (χ1n) is 35.3. The highest BCUT2D eigenvalue weighted by molar-refractivity contribution is 7.21. The van der Waals surface area contributed by atoms with E-state index in [0.717, 1.165) is 78.6 Å². The van der Waals surface area contributed by atoms with Crippen LogP contribution >= 0.6 is 11.3 Å². The summed E-state index contributed by atoms with van der Waals surface area (Å²) < 4.78 is 7.52. The molecule has 99 heavy (non-hydrogen) atoms. The molecule has 0 saturated carbocycles. The van der Waals surface area contributed by atoms with E-state index in [1.807, 2.05) is 11.3 Å². The maximum absolute atomic E-state index is 7.52. The average molecular weight is 1300 g/mol. The maximum Gasteiger partial charge on any atom is 0.333 e. The van der Waals surface area contributed by atoms with Gasteiger partial charge < -0.3 is 19.0 Å². The van der Waals surface area contributed by atoms with Crippen LogP contribution in [0.2, 0.25) is 0 Å². The van der Waals surface area contributed by atoms with Gasteiger partial charge in [0.15, 0.2) is 0 Å². The fourth-order valence-corrected chi connectivity index (χ4v) is 17.4. The van der Waals surface area contributed by atoms with Gasteiger partial charge in [-0.05, 0) is 185 Å². The lowest BCUT2D eigenvalue weighted by Crippen LogP contribution is -2.61. The highest BCUT2D eigenvalue weighted by Gasteiger charge is 2.49. The van der Waals surface area contributed by atoms with E-state index in [1.54, 1.807) is 0 Å². The van der Waals surface area contributed by atoms with Crippen LogP contribution in [0.5, 0.6) is 0 Å². The summed E-state index contributed by atoms with van der Waals surface area (Å²) in [6, 6.07) is 97.4. The molecule has 0 fully saturated rings. The Balaban J connectivity index is 0.981. The second-order valence-corrected chi connectivity index (χ2v) is 33.6. The van der Waals surface area contributed by atoms with Gasteiger partial charge in [-0.2, -0.15) is 0 Å². The third-order valence-corrected chi connectivity index (χ3v) is 23.0. The summed E-state index contributed by atoms with van der Waals surface area (Å²) in [5, 5.41) is 4.67. The van der Waals surface area contributed by atoms with Gasteiger partial charge >= 0.3 is 6.85 Å². The molecule has 2 aromatic heterocycles. The number of hydrogen-bond acceptors (Lipinski definition) is 5. The van der Waals surface area contributed by atoms with Crippen molar-refractivity contribution >= 4 is 107 Å². The molecule has 2 aliphatic heterocycles. The number of furan rings is 1. The molecule has 14 aromatic rings. The second kappa shape index (κ2) is 22.4. The highest BCUT2D eigenvalue weighted by atomic mass is 32.1. The van der Waals surface area contributed by atoms with Gasteiger partial charge in [0.1, 0.15) is 11.2 Å². The van der Waals surface area contributed by atoms with Gasteiger partial charge in [0, 0.05) is 93.2 Å². The molecule has 12 aromatic carbocycles. The predicted molar refractivity (Wildman–Crippen MR) is 426 cm³/mol. The number of hydrogen-bond donors (Lipinski definition) is 0. The minimum absolute atomic E-state index is 0.0176. The standard InChI is InChI=1S/C93H84BN3OS/c1-89(2,3)60-34-41-64(42-35-60)95(65-43-36-61(37-44-65)90(4,5)6)67-47-48-68-71-52-75-80(56-77(71)93(13,14)76(68)51-67)97(66-45-38-62(39-46-66)91(7,8)9)94-78-53-73-74(88(59-30-22-17-23-31-59)99-87(73)58-28-20-16-21-29-58)55-81(78)96(79-49-40-63(92(10,11)12)50-70(79)57-26-18-15-19-27-57)82-54-72-69-32-24-25-33-83(69)98-86(72)84(75)85(82)94/h15-56H,1-14H3. The molecule has 3 aliphatic rings. The smallest absolute Gasteiger partial charge is 0.333 e. The number of benzene rings is 12. The molecule has 1 aliphatic carbocycles. The van der Waals surface area contributed by atoms with E-state index in [9.17, 15) is 0 Å². The summed E-state index contributed by atoms with van der Waals surface area (Å²) in [5.74, 6) is 0. The van der Waals surface area contributed by atoms with E-state index >= 15 is 0 Å². The third kappa shape index (κ3) is 10.1. The summed E-state index contributed by atoms with van der Waals surface area (Å²) in [6.07, 6.45) is 0. The van der Waals surface area contributed by atoms with E-state index in [2.05, 4.69) is 366 Å². The van der Waals surface area contributed by atoms with Crippen molar-refractivity contribution in [2.45, 2.75) is 124 Å². The van der Waals surface area contributed by atoms with Gasteiger partial charge in [-0.3, -0.25) is 0 Å². The summed E-state index contributed by atoms with van der Waals surface area (Å²) in [4.78, 5) is 10.4. The Kier molecular flexibility index (Phi) is 14.1. The number of fused-ring (bicyclic) bond motifs is 12. The molecule has 4 nitrogen and oxygen atoms in total. The zero-order valence-electron chi connectivity index (χ0n) is 59.5. The topological polar surface area (TPSA) is 22.9 Å². The van der Waals surface area contributed by atoms with E-state index in [4.69, 9.17) is 4.42 Å². The fourth-order valence-electron chi connectivity index (χ4n) is 16.2. The molecular formula is C93H84BN3OS. The van der Waals surface area contributed by atoms with Crippen LogP contribution in [0.1, 0.15) is 130 Å². The molecule has 0 radical (unpaired) electrons. The van der Waals surface area contributed by atoms with Gasteiger partial charge in [-0.15, -0.1) is 11.3 Å². The molecule has 0 atom stereocenters. The number of para-hydroxylation sites is 1. The Morgan fingerprint density at radius 3 is 1.44 bits per heavy atom. The molecule has 0 saturated heterocycles. The number of thiophene rings is 1. The van der Waals surface area contributed by atoms with Crippen LogP contribution in [-0.4, -0.2) is 6.85 Å². The van der Waals surface area contributed by atoms with Crippen molar-refractivity contribution in [2.24, 2.45) is 0 Å². The quantitative estimate of drug-likeness (QED) is 0.141. The highest BCUT2D eigenvalue weighted by Crippen LogP contribution is 2.59. The molecule has 486 valence electrons. The van der Waals surface area contributed by atoms with Crippen molar-refractivity contribution in [3.05, 3.63) is 288 Å². The zero-order chi connectivity index (χ0) is 68.4. The Hall–Kier alpha value is -10.1. The first-order chi connectivity index (χ1) is 47.4. The van der Waals surface area contributed by atoms with Gasteiger partial charge in [0.05, 0.1) is 5.69 Å². The Labute approximate surface area is 589 Å². The normalized spacial score (nSPS) is 14.0. The largest absolute Gasteiger partial charge is 0.455 e. The molecule has 4 heterocycles. The fraction of sp³-hybridized carbons (Fsp3) is 0.204. The third-order valence-electron chi connectivity index (χ3n) is 21.7. The predicted octanol–water partition coefficient (Wildman–Crippen LogP) is 25.5. The molecule has 6 heteroatoms. The van der Waals surface area contributed by atoms with Gasteiger partial charge in [-0.25, -0.2) is 0 Å². The van der Waals surface area contributed by atoms with Crippen molar-refractivity contribution < 1.29 is 4.42 Å². The Morgan fingerprint density at radius 2 is 0.869 bits per heavy atom. The van der Waals surface area contributed by atoms with E-state index in [-0.39, 0.29) is 28.5 Å². The summed E-state index contributed by atoms with van der Waals surface area (Å²) in [7, 11) is 0. The van der Waals surface area contributed by atoms with Crippen molar-refractivity contribution in [3.63, 3.8) is 0 Å². The average Bonchev–Trinajstić information content (AvgIpc) is 1.67. The van der Waals surface area contributed by atoms with Crippen molar-refractivity contribution in [3.8, 4) is 54.3 Å². The van der Waals surface area contributed by atoms with Crippen molar-refractivity contribution in [2.75, 3.05) is 14.6 Å². The zero-order valence-corrected chi connectivity index (χ0v) is 60.3. The Bertz CT molecular complexity index is 5480. The molecule has 0 amide bonds. The van der Waals surface area contributed by atoms with Crippen LogP contribution in [0.15, 0.2) is 259 Å². The van der Waals surface area contributed by atoms with Gasteiger partial charge in [0.2, 0.25) is 0 Å². The van der Waals surface area contributed by atoms with E-state index < -0.39 is 5.41 Å². The summed E-state index contributed by atoms with van der Waals surface area (Å²) >= 11 is 1.90. The molecule has 0 bridgehead atoms. The molecule has 0 N–H and O–H groups in total. The molecular weight excluding hydrogens is 1220 g/mol. The van der Waals surface area contributed by atoms with Crippen molar-refractivity contribution in [1.82, 2.24) is 0 Å². The minimum Gasteiger partial charge on any atom is -0.455 e. The van der Waals surface area contributed by atoms with Crippen molar-refractivity contribution in [1.29, 1.82) is 0 Å². The monoisotopic (exact) mass is 1300 g/mol. The van der Waals surface area contributed by atoms with Crippen LogP contribution in [0.25, 0.3) is 87.0 Å². The molecule has 17 rings (SSSR count). The lowest BCUT2D eigenvalue weighted by atomic mass is 9.43. The molecule has 0 spiro atoms. The lowest BCUT2D eigenvalue weighted by Gasteiger charge is -2.46. The maximum atomic E-state index is 7.52. The van der Waals surface area contributed by atoms with Crippen LogP contribution in [-0.2, 0) is 27.1 Å². The lowest BCUT2D eigenvalue weighted by molar-refractivity contribution is 0.590. The van der Waals surface area contributed by atoms with Gasteiger partial charge in [-0.1, -0.05) is 261 Å². The number of nitrogens with zero attached hydrogens (tertiary/aromatic N) is 3. The van der Waals surface area contributed by atoms with E-state index in [1.165, 1.54) is 98.2 Å². The molecule has 0 unspecified atom stereocenters. The van der Waals surface area contributed by atoms with Crippen LogP contribution < -0.4 is 25.5 Å². The minimum atomic E-state index is -0.415. The van der Waals surface area contributed by atoms with Crippen LogP contribution in [0.3, 0.4) is 0 Å². The van der Waals surface area contributed by atoms with Gasteiger partial charge in [0.25, 0.3) is 0 Å². The second-order valence-electron chi connectivity index (χ2n) is 32.6. The van der Waals surface area contributed by atoms with E-state index in [0.29, 0.717) is 0 Å². The summed E-state index contributed by atoms with van der Waals surface area (Å²) in [5.41, 5.74) is 30.1. The van der Waals surface area contributed by atoms with Crippen LogP contribution in [0.4, 0.5) is 45.5 Å². The Morgan fingerprint density at radius 1 is 0.374 bits per heavy atom. The first kappa shape index (κ1) is 62.4. The summed E-state index contributed by atoms with van der Waals surface area (Å²) in [6.45, 7) is 32.3. The first-order valence-corrected chi connectivity index (χ1v) is 36.1.